The summed E-state index contributed by atoms with van der Waals surface area (Å²) < 4.78 is 0. The lowest BCUT2D eigenvalue weighted by molar-refractivity contribution is 0.383. The number of nitroso groups, excluding NO2 is 1. The Labute approximate surface area is 59.5 Å². The van der Waals surface area contributed by atoms with Crippen molar-refractivity contribution in [1.82, 2.24) is 0 Å². The van der Waals surface area contributed by atoms with Crippen molar-refractivity contribution in [2.24, 2.45) is 10.3 Å². The smallest absolute Gasteiger partial charge is 0.0921 e. The zero-order valence-corrected chi connectivity index (χ0v) is 5.79. The van der Waals surface area contributed by atoms with E-state index >= 15 is 0 Å². The molecule has 0 saturated heterocycles. The SMILES string of the molecule is N=NC1CCC(N=O)CC1. The Kier molecular flexibility index (Phi) is 2.48. The molecule has 0 aliphatic heterocycles. The van der Waals surface area contributed by atoms with Gasteiger partial charge in [0.25, 0.3) is 0 Å². The van der Waals surface area contributed by atoms with Crippen molar-refractivity contribution in [3.8, 4) is 0 Å². The van der Waals surface area contributed by atoms with E-state index in [1.165, 1.54) is 0 Å². The molecule has 1 saturated carbocycles. The lowest BCUT2D eigenvalue weighted by atomic mass is 9.92. The molecule has 4 heteroatoms. The fourth-order valence-corrected chi connectivity index (χ4v) is 1.29. The second kappa shape index (κ2) is 3.39. The number of nitrogens with zero attached hydrogens (tertiary/aromatic N) is 2. The van der Waals surface area contributed by atoms with E-state index in [0.717, 1.165) is 25.7 Å². The van der Waals surface area contributed by atoms with E-state index in [0.29, 0.717) is 0 Å². The zero-order chi connectivity index (χ0) is 7.40. The van der Waals surface area contributed by atoms with Crippen LogP contribution in [0.3, 0.4) is 0 Å². The van der Waals surface area contributed by atoms with Crippen LogP contribution >= 0.6 is 0 Å². The molecule has 0 amide bonds. The fraction of sp³-hybridized carbons (Fsp3) is 1.00. The summed E-state index contributed by atoms with van der Waals surface area (Å²) >= 11 is 0. The lowest BCUT2D eigenvalue weighted by Crippen LogP contribution is -2.18. The summed E-state index contributed by atoms with van der Waals surface area (Å²) in [5.41, 5.74) is 6.74. The topological polar surface area (TPSA) is 65.6 Å². The van der Waals surface area contributed by atoms with Crippen molar-refractivity contribution in [3.63, 3.8) is 0 Å². The molecule has 4 nitrogen and oxygen atoms in total. The highest BCUT2D eigenvalue weighted by molar-refractivity contribution is 4.78. The van der Waals surface area contributed by atoms with Gasteiger partial charge in [-0.15, -0.1) is 0 Å². The molecular weight excluding hydrogens is 130 g/mol. The van der Waals surface area contributed by atoms with Gasteiger partial charge < -0.3 is 0 Å². The third-order valence-corrected chi connectivity index (χ3v) is 2.00. The molecule has 1 rings (SSSR count). The van der Waals surface area contributed by atoms with Crippen LogP contribution in [0, 0.1) is 10.4 Å². The van der Waals surface area contributed by atoms with E-state index in [9.17, 15) is 4.91 Å². The van der Waals surface area contributed by atoms with Gasteiger partial charge in [-0.05, 0) is 25.7 Å². The summed E-state index contributed by atoms with van der Waals surface area (Å²) in [6.07, 6.45) is 3.35. The average Bonchev–Trinajstić information content (AvgIpc) is 2.05. The molecule has 56 valence electrons. The van der Waals surface area contributed by atoms with Crippen LogP contribution < -0.4 is 0 Å². The maximum atomic E-state index is 10.0. The van der Waals surface area contributed by atoms with Crippen LogP contribution in [0.5, 0.6) is 0 Å². The molecule has 0 aromatic rings. The highest BCUT2D eigenvalue weighted by atomic mass is 16.3. The summed E-state index contributed by atoms with van der Waals surface area (Å²) in [4.78, 5) is 10.0. The van der Waals surface area contributed by atoms with Crippen molar-refractivity contribution >= 4 is 0 Å². The summed E-state index contributed by atoms with van der Waals surface area (Å²) in [5, 5.41) is 6.39. The second-order valence-electron chi connectivity index (χ2n) is 2.70. The van der Waals surface area contributed by atoms with Crippen LogP contribution in [-0.4, -0.2) is 12.1 Å². The van der Waals surface area contributed by atoms with E-state index in [-0.39, 0.29) is 12.1 Å². The monoisotopic (exact) mass is 141 g/mol. The predicted octanol–water partition coefficient (Wildman–Crippen LogP) is 2.09. The average molecular weight is 141 g/mol. The van der Waals surface area contributed by atoms with Crippen LogP contribution in [0.25, 0.3) is 0 Å². The molecule has 0 bridgehead atoms. The third-order valence-electron chi connectivity index (χ3n) is 2.00. The van der Waals surface area contributed by atoms with Crippen molar-refractivity contribution in [2.75, 3.05) is 0 Å². The molecule has 1 aliphatic rings. The number of hydrogen-bond donors (Lipinski definition) is 1. The third kappa shape index (κ3) is 1.59. The van der Waals surface area contributed by atoms with Gasteiger partial charge >= 0.3 is 0 Å². The maximum Gasteiger partial charge on any atom is 0.0921 e. The quantitative estimate of drug-likeness (QED) is 0.464. The van der Waals surface area contributed by atoms with E-state index in [1.54, 1.807) is 0 Å². The molecule has 1 N–H and O–H groups in total. The van der Waals surface area contributed by atoms with Crippen LogP contribution in [0.2, 0.25) is 0 Å². The molecule has 0 aromatic heterocycles. The summed E-state index contributed by atoms with van der Waals surface area (Å²) in [5.74, 6) is 0. The van der Waals surface area contributed by atoms with Gasteiger partial charge in [-0.2, -0.15) is 10.0 Å². The maximum absolute atomic E-state index is 10.0. The number of hydrogen-bond acceptors (Lipinski definition) is 4. The van der Waals surface area contributed by atoms with Gasteiger partial charge in [-0.1, -0.05) is 5.18 Å². The Balaban J connectivity index is 2.30. The molecule has 10 heavy (non-hydrogen) atoms. The van der Waals surface area contributed by atoms with Crippen molar-refractivity contribution in [3.05, 3.63) is 4.91 Å². The molecule has 0 aromatic carbocycles. The largest absolute Gasteiger partial charge is 0.210 e. The van der Waals surface area contributed by atoms with Crippen LogP contribution in [0.15, 0.2) is 10.3 Å². The summed E-state index contributed by atoms with van der Waals surface area (Å²) in [6.45, 7) is 0. The van der Waals surface area contributed by atoms with Gasteiger partial charge in [0.15, 0.2) is 0 Å². The summed E-state index contributed by atoms with van der Waals surface area (Å²) in [6, 6.07) is 0.163. The Morgan fingerprint density at radius 1 is 1.10 bits per heavy atom. The molecule has 0 atom stereocenters. The highest BCUT2D eigenvalue weighted by Crippen LogP contribution is 2.22. The van der Waals surface area contributed by atoms with E-state index in [4.69, 9.17) is 5.53 Å². The van der Waals surface area contributed by atoms with Crippen LogP contribution in [0.1, 0.15) is 25.7 Å². The van der Waals surface area contributed by atoms with E-state index in [1.807, 2.05) is 0 Å². The number of rotatable bonds is 2. The first-order valence-corrected chi connectivity index (χ1v) is 3.56. The van der Waals surface area contributed by atoms with Gasteiger partial charge in [-0.25, -0.2) is 5.53 Å². The Morgan fingerprint density at radius 3 is 2.00 bits per heavy atom. The molecule has 1 aliphatic carbocycles. The van der Waals surface area contributed by atoms with Gasteiger partial charge in [0.1, 0.15) is 0 Å². The molecule has 0 radical (unpaired) electrons. The number of nitrogens with one attached hydrogen (secondary N) is 1. The Morgan fingerprint density at radius 2 is 1.60 bits per heavy atom. The van der Waals surface area contributed by atoms with Gasteiger partial charge in [-0.3, -0.25) is 0 Å². The van der Waals surface area contributed by atoms with Gasteiger partial charge in [0.2, 0.25) is 0 Å². The normalized spacial score (nSPS) is 33.2. The van der Waals surface area contributed by atoms with E-state index in [2.05, 4.69) is 10.3 Å². The minimum Gasteiger partial charge on any atom is -0.210 e. The minimum atomic E-state index is -0.00185. The fourth-order valence-electron chi connectivity index (χ4n) is 1.29. The summed E-state index contributed by atoms with van der Waals surface area (Å²) in [7, 11) is 0. The second-order valence-corrected chi connectivity index (χ2v) is 2.70. The zero-order valence-electron chi connectivity index (χ0n) is 5.79. The minimum absolute atomic E-state index is 0.00185. The van der Waals surface area contributed by atoms with E-state index < -0.39 is 0 Å². The Bertz CT molecular complexity index is 113. The highest BCUT2D eigenvalue weighted by Gasteiger charge is 2.20. The van der Waals surface area contributed by atoms with Crippen molar-refractivity contribution < 1.29 is 0 Å². The molecule has 1 fully saturated rings. The predicted molar refractivity (Wildman–Crippen MR) is 37.0 cm³/mol. The van der Waals surface area contributed by atoms with Crippen molar-refractivity contribution in [1.29, 1.82) is 5.53 Å². The van der Waals surface area contributed by atoms with Crippen LogP contribution in [0.4, 0.5) is 0 Å². The molecular formula is C6H11N3O. The molecule has 0 heterocycles. The first kappa shape index (κ1) is 7.31. The standard InChI is InChI=1S/C6H11N3O/c7-8-5-1-3-6(9-10)4-2-5/h5-7H,1-4H2. The Hall–Kier alpha value is -0.800. The van der Waals surface area contributed by atoms with Gasteiger partial charge in [0.05, 0.1) is 12.1 Å². The first-order valence-electron chi connectivity index (χ1n) is 3.56. The molecule has 0 unspecified atom stereocenters. The van der Waals surface area contributed by atoms with Crippen LogP contribution in [-0.2, 0) is 0 Å². The lowest BCUT2D eigenvalue weighted by Gasteiger charge is -2.19. The first-order chi connectivity index (χ1) is 4.86. The van der Waals surface area contributed by atoms with Gasteiger partial charge in [0, 0.05) is 0 Å². The van der Waals surface area contributed by atoms with Crippen molar-refractivity contribution in [2.45, 2.75) is 37.8 Å². The molecule has 0 spiro atoms.